The Labute approximate surface area is 141 Å². The molecule has 1 aliphatic carbocycles. The molecule has 3 heteroatoms. The van der Waals surface area contributed by atoms with Gasteiger partial charge in [0.2, 0.25) is 0 Å². The summed E-state index contributed by atoms with van der Waals surface area (Å²) in [4.78, 5) is 26.8. The molecule has 0 N–H and O–H groups in total. The number of nitrogens with zero attached hydrogens (tertiary/aromatic N) is 1. The number of carbonyl (C=O) groups is 2. The fourth-order valence-corrected chi connectivity index (χ4v) is 3.74. The van der Waals surface area contributed by atoms with Crippen LogP contribution in [0.1, 0.15) is 51.6 Å². The van der Waals surface area contributed by atoms with Crippen LogP contribution in [-0.2, 0) is 6.42 Å². The molecule has 1 heterocycles. The zero-order chi connectivity index (χ0) is 16.7. The Morgan fingerprint density at radius 2 is 1.50 bits per heavy atom. The Balaban J connectivity index is 1.70. The molecule has 2 aliphatic rings. The molecule has 0 saturated heterocycles. The lowest BCUT2D eigenvalue weighted by atomic mass is 10.0. The van der Waals surface area contributed by atoms with E-state index < -0.39 is 0 Å². The third kappa shape index (κ3) is 2.20. The maximum absolute atomic E-state index is 12.7. The molecular weight excluding hydrogens is 298 g/mol. The molecule has 2 amide bonds. The molecule has 0 fully saturated rings. The second kappa shape index (κ2) is 5.75. The highest BCUT2D eigenvalue weighted by Crippen LogP contribution is 2.34. The third-order valence-electron chi connectivity index (χ3n) is 5.00. The molecule has 0 bridgehead atoms. The molecule has 0 saturated carbocycles. The molecule has 0 aromatic heterocycles. The van der Waals surface area contributed by atoms with Gasteiger partial charge in [0.25, 0.3) is 11.8 Å². The van der Waals surface area contributed by atoms with Crippen LogP contribution < -0.4 is 0 Å². The SMILES string of the molecule is CCC(/C=C1\CCc2ccccc21)N1C(=O)c2ccccc2C1=O. The van der Waals surface area contributed by atoms with E-state index in [2.05, 4.69) is 24.3 Å². The fourth-order valence-electron chi connectivity index (χ4n) is 3.74. The van der Waals surface area contributed by atoms with E-state index in [0.29, 0.717) is 11.1 Å². The maximum atomic E-state index is 12.7. The van der Waals surface area contributed by atoms with Crippen LogP contribution in [0.3, 0.4) is 0 Å². The molecule has 0 spiro atoms. The zero-order valence-electron chi connectivity index (χ0n) is 13.7. The number of hydrogen-bond donors (Lipinski definition) is 0. The minimum atomic E-state index is -0.196. The average Bonchev–Trinajstić information content (AvgIpc) is 3.14. The molecule has 2 aromatic rings. The summed E-state index contributed by atoms with van der Waals surface area (Å²) in [6.45, 7) is 2.02. The summed E-state index contributed by atoms with van der Waals surface area (Å²) in [7, 11) is 0. The van der Waals surface area contributed by atoms with Gasteiger partial charge in [-0.15, -0.1) is 0 Å². The summed E-state index contributed by atoms with van der Waals surface area (Å²) < 4.78 is 0. The van der Waals surface area contributed by atoms with Crippen LogP contribution in [0.4, 0.5) is 0 Å². The predicted octanol–water partition coefficient (Wildman–Crippen LogP) is 4.09. The van der Waals surface area contributed by atoms with E-state index in [1.54, 1.807) is 24.3 Å². The van der Waals surface area contributed by atoms with Crippen molar-refractivity contribution in [3.8, 4) is 0 Å². The Kier molecular flexibility index (Phi) is 3.57. The number of allylic oxidation sites excluding steroid dienone is 1. The zero-order valence-corrected chi connectivity index (χ0v) is 13.7. The molecule has 1 atom stereocenters. The number of carbonyl (C=O) groups excluding carboxylic acids is 2. The summed E-state index contributed by atoms with van der Waals surface area (Å²) in [5.74, 6) is -0.351. The van der Waals surface area contributed by atoms with E-state index in [4.69, 9.17) is 0 Å². The van der Waals surface area contributed by atoms with Gasteiger partial charge in [-0.1, -0.05) is 49.4 Å². The summed E-state index contributed by atoms with van der Waals surface area (Å²) in [5, 5.41) is 0. The first-order chi connectivity index (χ1) is 11.7. The van der Waals surface area contributed by atoms with Crippen LogP contribution in [0.15, 0.2) is 54.6 Å². The van der Waals surface area contributed by atoms with Crippen LogP contribution in [0.25, 0.3) is 5.57 Å². The predicted molar refractivity (Wildman–Crippen MR) is 93.8 cm³/mol. The Hall–Kier alpha value is -2.68. The number of fused-ring (bicyclic) bond motifs is 2. The van der Waals surface area contributed by atoms with Gasteiger partial charge in [-0.05, 0) is 48.1 Å². The Morgan fingerprint density at radius 1 is 0.917 bits per heavy atom. The van der Waals surface area contributed by atoms with Crippen molar-refractivity contribution < 1.29 is 9.59 Å². The highest BCUT2D eigenvalue weighted by molar-refractivity contribution is 6.21. The van der Waals surface area contributed by atoms with Gasteiger partial charge in [0.15, 0.2) is 0 Å². The smallest absolute Gasteiger partial charge is 0.262 e. The maximum Gasteiger partial charge on any atom is 0.262 e. The van der Waals surface area contributed by atoms with Crippen molar-refractivity contribution >= 4 is 17.4 Å². The lowest BCUT2D eigenvalue weighted by Crippen LogP contribution is -2.38. The van der Waals surface area contributed by atoms with Gasteiger partial charge >= 0.3 is 0 Å². The Morgan fingerprint density at radius 3 is 2.12 bits per heavy atom. The lowest BCUT2D eigenvalue weighted by molar-refractivity contribution is 0.0612. The molecule has 24 heavy (non-hydrogen) atoms. The molecule has 1 aliphatic heterocycles. The third-order valence-corrected chi connectivity index (χ3v) is 5.00. The molecule has 0 radical (unpaired) electrons. The summed E-state index contributed by atoms with van der Waals surface area (Å²) >= 11 is 0. The van der Waals surface area contributed by atoms with Crippen molar-refractivity contribution in [2.75, 3.05) is 0 Å². The van der Waals surface area contributed by atoms with Gasteiger partial charge in [-0.3, -0.25) is 14.5 Å². The number of hydrogen-bond acceptors (Lipinski definition) is 2. The lowest BCUT2D eigenvalue weighted by Gasteiger charge is -2.23. The topological polar surface area (TPSA) is 37.4 Å². The van der Waals surface area contributed by atoms with E-state index >= 15 is 0 Å². The van der Waals surface area contributed by atoms with Crippen molar-refractivity contribution in [3.63, 3.8) is 0 Å². The minimum Gasteiger partial charge on any atom is -0.269 e. The van der Waals surface area contributed by atoms with E-state index in [-0.39, 0.29) is 17.9 Å². The van der Waals surface area contributed by atoms with Gasteiger partial charge in [-0.2, -0.15) is 0 Å². The van der Waals surface area contributed by atoms with Crippen molar-refractivity contribution in [2.45, 2.75) is 32.2 Å². The van der Waals surface area contributed by atoms with Crippen LogP contribution >= 0.6 is 0 Å². The van der Waals surface area contributed by atoms with Crippen molar-refractivity contribution in [1.29, 1.82) is 0 Å². The molecule has 2 aromatic carbocycles. The van der Waals surface area contributed by atoms with Gasteiger partial charge < -0.3 is 0 Å². The Bertz CT molecular complexity index is 831. The number of aryl methyl sites for hydroxylation is 1. The number of benzene rings is 2. The first-order valence-electron chi connectivity index (χ1n) is 8.46. The largest absolute Gasteiger partial charge is 0.269 e. The van der Waals surface area contributed by atoms with Crippen LogP contribution in [0.5, 0.6) is 0 Å². The quantitative estimate of drug-likeness (QED) is 0.800. The van der Waals surface area contributed by atoms with E-state index in [1.165, 1.54) is 21.6 Å². The standard InChI is InChI=1S/C21H19NO2/c1-2-16(13-15-12-11-14-7-3-4-8-17(14)15)22-20(23)18-9-5-6-10-19(18)21(22)24/h3-10,13,16H,2,11-12H2,1H3/b15-13+. The number of rotatable bonds is 3. The molecule has 1 unspecified atom stereocenters. The second-order valence-corrected chi connectivity index (χ2v) is 6.35. The normalized spacial score (nSPS) is 18.9. The highest BCUT2D eigenvalue weighted by Gasteiger charge is 2.38. The molecule has 120 valence electrons. The van der Waals surface area contributed by atoms with Gasteiger partial charge in [-0.25, -0.2) is 0 Å². The number of imide groups is 1. The number of amides is 2. The fraction of sp³-hybridized carbons (Fsp3) is 0.238. The summed E-state index contributed by atoms with van der Waals surface area (Å²) in [5.41, 5.74) is 4.89. The van der Waals surface area contributed by atoms with Crippen LogP contribution in [0, 0.1) is 0 Å². The van der Waals surface area contributed by atoms with Crippen molar-refractivity contribution in [1.82, 2.24) is 4.90 Å². The summed E-state index contributed by atoms with van der Waals surface area (Å²) in [6.07, 6.45) is 4.84. The van der Waals surface area contributed by atoms with Crippen LogP contribution in [0.2, 0.25) is 0 Å². The average molecular weight is 317 g/mol. The van der Waals surface area contributed by atoms with Gasteiger partial charge in [0.05, 0.1) is 17.2 Å². The first-order valence-corrected chi connectivity index (χ1v) is 8.46. The highest BCUT2D eigenvalue weighted by atomic mass is 16.2. The first kappa shape index (κ1) is 14.9. The van der Waals surface area contributed by atoms with E-state index in [1.807, 2.05) is 13.0 Å². The molecule has 3 nitrogen and oxygen atoms in total. The van der Waals surface area contributed by atoms with Gasteiger partial charge in [0, 0.05) is 0 Å². The van der Waals surface area contributed by atoms with E-state index in [9.17, 15) is 9.59 Å². The summed E-state index contributed by atoms with van der Waals surface area (Å²) in [6, 6.07) is 15.3. The van der Waals surface area contributed by atoms with Crippen molar-refractivity contribution in [2.24, 2.45) is 0 Å². The van der Waals surface area contributed by atoms with Crippen molar-refractivity contribution in [3.05, 3.63) is 76.9 Å². The molecular formula is C21H19NO2. The second-order valence-electron chi connectivity index (χ2n) is 6.35. The van der Waals surface area contributed by atoms with Crippen LogP contribution in [-0.4, -0.2) is 22.8 Å². The monoisotopic (exact) mass is 317 g/mol. The minimum absolute atomic E-state index is 0.175. The molecule has 4 rings (SSSR count). The van der Waals surface area contributed by atoms with E-state index in [0.717, 1.165) is 19.3 Å². The van der Waals surface area contributed by atoms with Gasteiger partial charge in [0.1, 0.15) is 0 Å².